The van der Waals surface area contributed by atoms with Crippen LogP contribution in [-0.4, -0.2) is 16.9 Å². The fraction of sp³-hybridized carbons (Fsp3) is 0.312. The maximum atomic E-state index is 11.9. The predicted molar refractivity (Wildman–Crippen MR) is 92.6 cm³/mol. The molecule has 0 unspecified atom stereocenters. The molecule has 0 saturated heterocycles. The summed E-state index contributed by atoms with van der Waals surface area (Å²) in [6, 6.07) is 6.74. The highest BCUT2D eigenvalue weighted by molar-refractivity contribution is 7.11. The molecule has 2 aromatic rings. The second kappa shape index (κ2) is 7.73. The van der Waals surface area contributed by atoms with Crippen LogP contribution in [0.25, 0.3) is 0 Å². The van der Waals surface area contributed by atoms with Crippen LogP contribution in [0.5, 0.6) is 0 Å². The number of nitrogens with one attached hydrogen (secondary N) is 3. The summed E-state index contributed by atoms with van der Waals surface area (Å²) in [5, 5.41) is 9.28. The SMILES string of the molecule is Cc1ncc(CNC(=O)Nc2cccc(NC(=O)C(C)C)c2)s1. The lowest BCUT2D eigenvalue weighted by Gasteiger charge is -2.10. The van der Waals surface area contributed by atoms with Gasteiger partial charge in [-0.1, -0.05) is 19.9 Å². The zero-order valence-corrected chi connectivity index (χ0v) is 14.2. The normalized spacial score (nSPS) is 10.4. The van der Waals surface area contributed by atoms with Crippen LogP contribution in [0.2, 0.25) is 0 Å². The molecule has 1 aromatic heterocycles. The molecule has 0 radical (unpaired) electrons. The molecule has 7 heteroatoms. The van der Waals surface area contributed by atoms with Crippen molar-refractivity contribution in [3.05, 3.63) is 40.3 Å². The number of anilines is 2. The lowest BCUT2D eigenvalue weighted by molar-refractivity contribution is -0.118. The molecule has 0 aliphatic carbocycles. The highest BCUT2D eigenvalue weighted by atomic mass is 32.1. The Morgan fingerprint density at radius 3 is 2.52 bits per heavy atom. The molecule has 0 saturated carbocycles. The first-order valence-electron chi connectivity index (χ1n) is 7.31. The third-order valence-corrected chi connectivity index (χ3v) is 3.92. The quantitative estimate of drug-likeness (QED) is 0.785. The van der Waals surface area contributed by atoms with Crippen molar-refractivity contribution in [2.75, 3.05) is 10.6 Å². The molecule has 1 heterocycles. The molecule has 0 aliphatic heterocycles. The van der Waals surface area contributed by atoms with Crippen molar-refractivity contribution < 1.29 is 9.59 Å². The zero-order chi connectivity index (χ0) is 16.8. The van der Waals surface area contributed by atoms with Crippen molar-refractivity contribution in [3.63, 3.8) is 0 Å². The third kappa shape index (κ3) is 5.37. The van der Waals surface area contributed by atoms with Gasteiger partial charge in [0.25, 0.3) is 0 Å². The molecular weight excluding hydrogens is 312 g/mol. The minimum absolute atomic E-state index is 0.0628. The molecule has 0 spiro atoms. The van der Waals surface area contributed by atoms with Crippen LogP contribution in [0.15, 0.2) is 30.5 Å². The average molecular weight is 332 g/mol. The van der Waals surface area contributed by atoms with Gasteiger partial charge in [-0.2, -0.15) is 0 Å². The maximum Gasteiger partial charge on any atom is 0.319 e. The van der Waals surface area contributed by atoms with E-state index in [-0.39, 0.29) is 17.9 Å². The lowest BCUT2D eigenvalue weighted by atomic mass is 10.2. The van der Waals surface area contributed by atoms with Crippen LogP contribution in [0.4, 0.5) is 16.2 Å². The third-order valence-electron chi connectivity index (χ3n) is 3.00. The van der Waals surface area contributed by atoms with Crippen molar-refractivity contribution in [2.24, 2.45) is 5.92 Å². The molecular formula is C16H20N4O2S. The molecule has 6 nitrogen and oxygen atoms in total. The summed E-state index contributed by atoms with van der Waals surface area (Å²) in [6.07, 6.45) is 1.75. The number of carbonyl (C=O) groups is 2. The van der Waals surface area contributed by atoms with Crippen molar-refractivity contribution in [1.82, 2.24) is 10.3 Å². The molecule has 2 rings (SSSR count). The van der Waals surface area contributed by atoms with Gasteiger partial charge < -0.3 is 16.0 Å². The molecule has 1 aromatic carbocycles. The Labute approximate surface area is 139 Å². The van der Waals surface area contributed by atoms with E-state index in [1.165, 1.54) is 0 Å². The largest absolute Gasteiger partial charge is 0.333 e. The van der Waals surface area contributed by atoms with Gasteiger partial charge in [0.05, 0.1) is 11.6 Å². The van der Waals surface area contributed by atoms with Crippen molar-refractivity contribution in [1.29, 1.82) is 0 Å². The number of nitrogens with zero attached hydrogens (tertiary/aromatic N) is 1. The number of benzene rings is 1. The van der Waals surface area contributed by atoms with E-state index < -0.39 is 0 Å². The van der Waals surface area contributed by atoms with Gasteiger partial charge in [0.2, 0.25) is 5.91 Å². The Kier molecular flexibility index (Phi) is 5.70. The predicted octanol–water partition coefficient (Wildman–Crippen LogP) is 3.37. The minimum Gasteiger partial charge on any atom is -0.333 e. The Hall–Kier alpha value is -2.41. The topological polar surface area (TPSA) is 83.1 Å². The van der Waals surface area contributed by atoms with Gasteiger partial charge in [-0.3, -0.25) is 4.79 Å². The molecule has 0 fully saturated rings. The van der Waals surface area contributed by atoms with E-state index in [0.717, 1.165) is 9.88 Å². The van der Waals surface area contributed by atoms with Crippen LogP contribution in [0.3, 0.4) is 0 Å². The number of rotatable bonds is 5. The summed E-state index contributed by atoms with van der Waals surface area (Å²) in [5.41, 5.74) is 1.27. The van der Waals surface area contributed by atoms with E-state index in [2.05, 4.69) is 20.9 Å². The van der Waals surface area contributed by atoms with E-state index in [1.807, 2.05) is 20.8 Å². The van der Waals surface area contributed by atoms with Gasteiger partial charge in [0.15, 0.2) is 0 Å². The number of hydrogen-bond donors (Lipinski definition) is 3. The number of amides is 3. The molecule has 3 amide bonds. The molecule has 0 atom stereocenters. The Bertz CT molecular complexity index is 697. The Balaban J connectivity index is 1.89. The number of thiazole rings is 1. The summed E-state index contributed by atoms with van der Waals surface area (Å²) in [4.78, 5) is 28.7. The lowest BCUT2D eigenvalue weighted by Crippen LogP contribution is -2.27. The van der Waals surface area contributed by atoms with Gasteiger partial charge in [-0.25, -0.2) is 9.78 Å². The Morgan fingerprint density at radius 2 is 1.91 bits per heavy atom. The van der Waals surface area contributed by atoms with Crippen molar-refractivity contribution in [3.8, 4) is 0 Å². The first-order valence-corrected chi connectivity index (χ1v) is 8.13. The Morgan fingerprint density at radius 1 is 1.22 bits per heavy atom. The average Bonchev–Trinajstić information content (AvgIpc) is 2.91. The monoisotopic (exact) mass is 332 g/mol. The van der Waals surface area contributed by atoms with Crippen LogP contribution in [0.1, 0.15) is 23.7 Å². The number of hydrogen-bond acceptors (Lipinski definition) is 4. The summed E-state index contributed by atoms with van der Waals surface area (Å²) in [6.45, 7) is 6.00. The summed E-state index contributed by atoms with van der Waals surface area (Å²) < 4.78 is 0. The van der Waals surface area contributed by atoms with E-state index in [9.17, 15) is 9.59 Å². The fourth-order valence-corrected chi connectivity index (χ4v) is 2.53. The van der Waals surface area contributed by atoms with Gasteiger partial charge in [0, 0.05) is 28.4 Å². The molecule has 3 N–H and O–H groups in total. The number of aromatic nitrogens is 1. The van der Waals surface area contributed by atoms with Gasteiger partial charge in [0.1, 0.15) is 0 Å². The first kappa shape index (κ1) is 17.0. The second-order valence-electron chi connectivity index (χ2n) is 5.38. The molecule has 23 heavy (non-hydrogen) atoms. The maximum absolute atomic E-state index is 11.9. The molecule has 0 aliphatic rings. The first-order chi connectivity index (χ1) is 10.9. The van der Waals surface area contributed by atoms with E-state index >= 15 is 0 Å². The van der Waals surface area contributed by atoms with Gasteiger partial charge in [-0.05, 0) is 25.1 Å². The summed E-state index contributed by atoms with van der Waals surface area (Å²) >= 11 is 1.55. The second-order valence-corrected chi connectivity index (χ2v) is 6.70. The fourth-order valence-electron chi connectivity index (χ4n) is 1.79. The van der Waals surface area contributed by atoms with Crippen LogP contribution in [-0.2, 0) is 11.3 Å². The smallest absolute Gasteiger partial charge is 0.319 e. The summed E-state index contributed by atoms with van der Waals surface area (Å²) in [7, 11) is 0. The van der Waals surface area contributed by atoms with Gasteiger partial charge in [-0.15, -0.1) is 11.3 Å². The summed E-state index contributed by atoms with van der Waals surface area (Å²) in [5.74, 6) is -0.162. The van der Waals surface area contributed by atoms with E-state index in [4.69, 9.17) is 0 Å². The highest BCUT2D eigenvalue weighted by Crippen LogP contribution is 2.16. The number of urea groups is 1. The van der Waals surface area contributed by atoms with Crippen LogP contribution < -0.4 is 16.0 Å². The van der Waals surface area contributed by atoms with E-state index in [1.54, 1.807) is 41.8 Å². The zero-order valence-electron chi connectivity index (χ0n) is 13.3. The number of carbonyl (C=O) groups excluding carboxylic acids is 2. The van der Waals surface area contributed by atoms with Crippen LogP contribution in [0, 0.1) is 12.8 Å². The van der Waals surface area contributed by atoms with Crippen molar-refractivity contribution in [2.45, 2.75) is 27.3 Å². The standard InChI is InChI=1S/C16H20N4O2S/c1-10(2)15(21)19-12-5-4-6-13(7-12)20-16(22)18-9-14-8-17-11(3)23-14/h4-8,10H,9H2,1-3H3,(H,19,21)(H2,18,20,22). The van der Waals surface area contributed by atoms with Crippen LogP contribution >= 0.6 is 11.3 Å². The highest BCUT2D eigenvalue weighted by Gasteiger charge is 2.08. The minimum atomic E-state index is -0.302. The number of aryl methyl sites for hydroxylation is 1. The molecule has 122 valence electrons. The van der Waals surface area contributed by atoms with Crippen molar-refractivity contribution >= 4 is 34.6 Å². The van der Waals surface area contributed by atoms with Gasteiger partial charge >= 0.3 is 6.03 Å². The molecule has 0 bridgehead atoms. The van der Waals surface area contributed by atoms with E-state index in [0.29, 0.717) is 17.9 Å².